The predicted octanol–water partition coefficient (Wildman–Crippen LogP) is 6.06. The maximum Gasteiger partial charge on any atom is 0.303 e. The normalized spacial score (nSPS) is 15.9. The molecule has 45 heavy (non-hydrogen) atoms. The Bertz CT molecular complexity index is 1470. The molecule has 0 bridgehead atoms. The van der Waals surface area contributed by atoms with Gasteiger partial charge < -0.3 is 29.1 Å². The fourth-order valence-corrected chi connectivity index (χ4v) is 6.10. The van der Waals surface area contributed by atoms with Crippen molar-refractivity contribution in [3.05, 3.63) is 66.0 Å². The Morgan fingerprint density at radius 1 is 0.956 bits per heavy atom. The van der Waals surface area contributed by atoms with Crippen LogP contribution < -0.4 is 24.0 Å². The second-order valence-corrected chi connectivity index (χ2v) is 12.5. The molecule has 1 atom stereocenters. The number of amides is 1. The molecule has 0 radical (unpaired) electrons. The Morgan fingerprint density at radius 3 is 2.36 bits per heavy atom. The number of rotatable bonds is 14. The van der Waals surface area contributed by atoms with Crippen LogP contribution in [0.5, 0.6) is 17.5 Å². The van der Waals surface area contributed by atoms with Gasteiger partial charge in [-0.2, -0.15) is 0 Å². The lowest BCUT2D eigenvalue weighted by Gasteiger charge is -2.35. The monoisotopic (exact) mass is 616 g/mol. The summed E-state index contributed by atoms with van der Waals surface area (Å²) in [7, 11) is 3.20. The van der Waals surface area contributed by atoms with E-state index in [0.717, 1.165) is 55.7 Å². The number of carbonyl (C=O) groups is 2. The van der Waals surface area contributed by atoms with E-state index in [1.165, 1.54) is 0 Å². The number of methoxy groups -OCH3 is 2. The maximum atomic E-state index is 14.2. The highest BCUT2D eigenvalue weighted by molar-refractivity contribution is 6.10. The smallest absolute Gasteiger partial charge is 0.303 e. The van der Waals surface area contributed by atoms with E-state index in [4.69, 9.17) is 14.2 Å². The van der Waals surface area contributed by atoms with Crippen molar-refractivity contribution in [1.82, 2.24) is 9.97 Å². The highest BCUT2D eigenvalue weighted by Crippen LogP contribution is 2.45. The summed E-state index contributed by atoms with van der Waals surface area (Å²) in [4.78, 5) is 38.3. The highest BCUT2D eigenvalue weighted by atomic mass is 16.5. The summed E-state index contributed by atoms with van der Waals surface area (Å²) >= 11 is 0. The molecule has 3 aromatic rings. The Balaban J connectivity index is 1.27. The topological polar surface area (TPSA) is 114 Å². The maximum absolute atomic E-state index is 14.2. The summed E-state index contributed by atoms with van der Waals surface area (Å²) in [6.07, 6.45) is 7.44. The predicted molar refractivity (Wildman–Crippen MR) is 173 cm³/mol. The third kappa shape index (κ3) is 8.23. The SMILES string of the molecule is COc1ccc(C(=O)N(CC(C)C)c2ccnc(OC)c2)c(N2CCC(COc3cc(C(CC(=O)O)C4CC4)ccn3)CC2)c1. The molecular formula is C35H44N4O6. The van der Waals surface area contributed by atoms with Crippen molar-refractivity contribution in [2.45, 2.75) is 51.9 Å². The van der Waals surface area contributed by atoms with E-state index < -0.39 is 5.97 Å². The molecule has 1 N–H and O–H groups in total. The zero-order valence-electron chi connectivity index (χ0n) is 26.6. The third-order valence-corrected chi connectivity index (χ3v) is 8.66. The van der Waals surface area contributed by atoms with Crippen molar-refractivity contribution >= 4 is 23.3 Å². The molecule has 10 heteroatoms. The van der Waals surface area contributed by atoms with E-state index in [9.17, 15) is 14.7 Å². The molecule has 2 aromatic heterocycles. The summed E-state index contributed by atoms with van der Waals surface area (Å²) in [6, 6.07) is 13.1. The zero-order valence-corrected chi connectivity index (χ0v) is 26.6. The number of hydrogen-bond donors (Lipinski definition) is 1. The first-order chi connectivity index (χ1) is 21.7. The number of hydrogen-bond acceptors (Lipinski definition) is 8. The summed E-state index contributed by atoms with van der Waals surface area (Å²) in [5.41, 5.74) is 3.20. The lowest BCUT2D eigenvalue weighted by atomic mass is 9.92. The van der Waals surface area contributed by atoms with Crippen molar-refractivity contribution in [1.29, 1.82) is 0 Å². The van der Waals surface area contributed by atoms with E-state index in [-0.39, 0.29) is 24.2 Å². The number of piperidine rings is 1. The van der Waals surface area contributed by atoms with Crippen LogP contribution in [-0.4, -0.2) is 67.4 Å². The molecule has 2 aliphatic rings. The second-order valence-electron chi connectivity index (χ2n) is 12.5. The molecule has 1 aliphatic carbocycles. The van der Waals surface area contributed by atoms with Crippen LogP contribution >= 0.6 is 0 Å². The Morgan fingerprint density at radius 2 is 1.69 bits per heavy atom. The van der Waals surface area contributed by atoms with Crippen LogP contribution in [0.2, 0.25) is 0 Å². The van der Waals surface area contributed by atoms with Gasteiger partial charge >= 0.3 is 5.97 Å². The van der Waals surface area contributed by atoms with Gasteiger partial charge in [0.1, 0.15) is 5.75 Å². The van der Waals surface area contributed by atoms with Crippen LogP contribution in [0.15, 0.2) is 54.9 Å². The van der Waals surface area contributed by atoms with Gasteiger partial charge in [0, 0.05) is 50.2 Å². The van der Waals surface area contributed by atoms with Gasteiger partial charge in [-0.3, -0.25) is 9.59 Å². The number of anilines is 2. The van der Waals surface area contributed by atoms with Gasteiger partial charge in [-0.15, -0.1) is 0 Å². The van der Waals surface area contributed by atoms with E-state index in [2.05, 4.69) is 28.7 Å². The van der Waals surface area contributed by atoms with E-state index in [1.54, 1.807) is 37.6 Å². The van der Waals surface area contributed by atoms with E-state index in [0.29, 0.717) is 48.1 Å². The standard InChI is InChI=1S/C35H44N4O6/c1-23(2)21-39(27-10-14-36-32(18-27)44-4)35(42)29-8-7-28(43-3)19-31(29)38-15-11-24(12-16-38)22-45-33-17-26(9-13-37-33)30(20-34(40)41)25-5-6-25/h7-10,13-14,17-19,23-25,30H,5-6,11-12,15-16,20-22H2,1-4H3,(H,40,41). The zero-order chi connectivity index (χ0) is 31.9. The highest BCUT2D eigenvalue weighted by Gasteiger charge is 2.34. The second kappa shape index (κ2) is 14.6. The van der Waals surface area contributed by atoms with Crippen LogP contribution in [0.25, 0.3) is 0 Å². The molecule has 1 saturated heterocycles. The Hall–Kier alpha value is -4.34. The number of carboxylic acid groups (broad SMARTS) is 1. The first-order valence-electron chi connectivity index (χ1n) is 15.8. The molecule has 1 saturated carbocycles. The lowest BCUT2D eigenvalue weighted by molar-refractivity contribution is -0.137. The Kier molecular flexibility index (Phi) is 10.4. The quantitative estimate of drug-likeness (QED) is 0.231. The first-order valence-corrected chi connectivity index (χ1v) is 15.8. The molecule has 1 aliphatic heterocycles. The van der Waals surface area contributed by atoms with Crippen molar-refractivity contribution in [3.8, 4) is 17.5 Å². The van der Waals surface area contributed by atoms with Crippen molar-refractivity contribution < 1.29 is 28.9 Å². The van der Waals surface area contributed by atoms with Gasteiger partial charge in [-0.1, -0.05) is 13.8 Å². The first kappa shape index (κ1) is 32.1. The number of carboxylic acids is 1. The van der Waals surface area contributed by atoms with Gasteiger partial charge in [0.25, 0.3) is 5.91 Å². The van der Waals surface area contributed by atoms with Gasteiger partial charge in [0.15, 0.2) is 0 Å². The number of aliphatic carboxylic acids is 1. The number of pyridine rings is 2. The molecule has 10 nitrogen and oxygen atoms in total. The molecule has 3 heterocycles. The van der Waals surface area contributed by atoms with Crippen LogP contribution in [0.1, 0.15) is 67.8 Å². The average molecular weight is 617 g/mol. The van der Waals surface area contributed by atoms with Crippen LogP contribution in [0.3, 0.4) is 0 Å². The van der Waals surface area contributed by atoms with Gasteiger partial charge in [-0.05, 0) is 79.2 Å². The number of nitrogens with zero attached hydrogens (tertiary/aromatic N) is 4. The molecule has 240 valence electrons. The molecule has 5 rings (SSSR count). The largest absolute Gasteiger partial charge is 0.497 e. The lowest BCUT2D eigenvalue weighted by Crippen LogP contribution is -2.39. The fraction of sp³-hybridized carbons (Fsp3) is 0.486. The Labute approximate surface area is 265 Å². The third-order valence-electron chi connectivity index (χ3n) is 8.66. The molecule has 1 aromatic carbocycles. The number of aromatic nitrogens is 2. The van der Waals surface area contributed by atoms with Crippen molar-refractivity contribution in [2.75, 3.05) is 50.3 Å². The summed E-state index contributed by atoms with van der Waals surface area (Å²) in [5.74, 6) is 1.86. The van der Waals surface area contributed by atoms with Gasteiger partial charge in [0.05, 0.1) is 44.2 Å². The minimum Gasteiger partial charge on any atom is -0.497 e. The van der Waals surface area contributed by atoms with E-state index in [1.807, 2.05) is 36.4 Å². The average Bonchev–Trinajstić information content (AvgIpc) is 3.90. The number of benzene rings is 1. The van der Waals surface area contributed by atoms with Crippen molar-refractivity contribution in [3.63, 3.8) is 0 Å². The fourth-order valence-electron chi connectivity index (χ4n) is 6.10. The number of ether oxygens (including phenoxy) is 3. The molecule has 1 unspecified atom stereocenters. The van der Waals surface area contributed by atoms with Gasteiger partial charge in [0.2, 0.25) is 11.8 Å². The van der Waals surface area contributed by atoms with Crippen molar-refractivity contribution in [2.24, 2.45) is 17.8 Å². The van der Waals surface area contributed by atoms with Gasteiger partial charge in [-0.25, -0.2) is 9.97 Å². The van der Waals surface area contributed by atoms with Crippen LogP contribution in [0, 0.1) is 17.8 Å². The number of carbonyl (C=O) groups excluding carboxylic acids is 1. The summed E-state index contributed by atoms with van der Waals surface area (Å²) in [6.45, 7) is 6.80. The van der Waals surface area contributed by atoms with Crippen LogP contribution in [0.4, 0.5) is 11.4 Å². The van der Waals surface area contributed by atoms with E-state index >= 15 is 0 Å². The summed E-state index contributed by atoms with van der Waals surface area (Å²) < 4.78 is 17.0. The minimum absolute atomic E-state index is 0.00732. The van der Waals surface area contributed by atoms with Crippen LogP contribution in [-0.2, 0) is 4.79 Å². The molecule has 1 amide bonds. The molecule has 0 spiro atoms. The summed E-state index contributed by atoms with van der Waals surface area (Å²) in [5, 5.41) is 9.39. The molecule has 2 fully saturated rings. The molecular weight excluding hydrogens is 572 g/mol. The minimum atomic E-state index is -0.774.